The molecule has 1 aliphatic heterocycles. The highest BCUT2D eigenvalue weighted by atomic mass is 19.3. The number of likely N-dealkylation sites (tertiary alicyclic amines) is 1. The maximum absolute atomic E-state index is 13.5. The minimum absolute atomic E-state index is 0.0956. The van der Waals surface area contributed by atoms with Crippen molar-refractivity contribution in [3.63, 3.8) is 0 Å². The summed E-state index contributed by atoms with van der Waals surface area (Å²) in [4.78, 5) is 19.0. The normalized spacial score (nSPS) is 19.5. The fourth-order valence-corrected chi connectivity index (χ4v) is 4.19. The van der Waals surface area contributed by atoms with E-state index in [9.17, 15) is 13.6 Å². The molecule has 8 heteroatoms. The van der Waals surface area contributed by atoms with Crippen molar-refractivity contribution in [3.8, 4) is 0 Å². The number of rotatable bonds is 8. The van der Waals surface area contributed by atoms with E-state index < -0.39 is 6.43 Å². The van der Waals surface area contributed by atoms with Gasteiger partial charge >= 0.3 is 0 Å². The van der Waals surface area contributed by atoms with E-state index in [-0.39, 0.29) is 17.5 Å². The Bertz CT molecular complexity index is 1030. The topological polar surface area (TPSA) is 66.3 Å². The summed E-state index contributed by atoms with van der Waals surface area (Å²) in [5.41, 5.74) is 5.79. The average molecular weight is 471 g/mol. The van der Waals surface area contributed by atoms with Gasteiger partial charge in [-0.1, -0.05) is 37.3 Å². The molecule has 0 saturated carbocycles. The number of amides is 1. The van der Waals surface area contributed by atoms with Crippen LogP contribution in [-0.4, -0.2) is 56.4 Å². The van der Waals surface area contributed by atoms with Crippen molar-refractivity contribution < 1.29 is 18.3 Å². The summed E-state index contributed by atoms with van der Waals surface area (Å²) in [7, 11) is 2.94. The van der Waals surface area contributed by atoms with Crippen LogP contribution >= 0.6 is 0 Å². The minimum atomic E-state index is -2.69. The largest absolute Gasteiger partial charge is 0.496 e. The van der Waals surface area contributed by atoms with Gasteiger partial charge in [-0.3, -0.25) is 15.2 Å². The van der Waals surface area contributed by atoms with Gasteiger partial charge in [0.1, 0.15) is 11.5 Å². The van der Waals surface area contributed by atoms with Gasteiger partial charge in [0, 0.05) is 49.1 Å². The molecule has 34 heavy (non-hydrogen) atoms. The Labute approximate surface area is 199 Å². The second kappa shape index (κ2) is 12.3. The van der Waals surface area contributed by atoms with Crippen molar-refractivity contribution in [1.82, 2.24) is 10.3 Å². The van der Waals surface area contributed by atoms with Crippen molar-refractivity contribution in [2.45, 2.75) is 39.0 Å². The molecule has 0 spiro atoms. The van der Waals surface area contributed by atoms with Crippen LogP contribution in [0.3, 0.4) is 0 Å². The van der Waals surface area contributed by atoms with Crippen molar-refractivity contribution in [2.75, 3.05) is 27.2 Å². The Morgan fingerprint density at radius 3 is 2.85 bits per heavy atom. The molecule has 1 aromatic rings. The van der Waals surface area contributed by atoms with Crippen LogP contribution in [0.15, 0.2) is 63.9 Å². The van der Waals surface area contributed by atoms with Gasteiger partial charge in [0.05, 0.1) is 7.11 Å². The summed E-state index contributed by atoms with van der Waals surface area (Å²) in [5, 5.41) is 4.14. The van der Waals surface area contributed by atoms with E-state index in [1.54, 1.807) is 24.3 Å². The van der Waals surface area contributed by atoms with Gasteiger partial charge < -0.3 is 9.64 Å². The number of alkyl halides is 2. The Balaban J connectivity index is 1.83. The molecule has 0 aromatic heterocycles. The molecule has 1 aromatic carbocycles. The van der Waals surface area contributed by atoms with Gasteiger partial charge in [-0.05, 0) is 43.4 Å². The number of piperidine rings is 1. The Hall–Kier alpha value is -3.29. The Morgan fingerprint density at radius 2 is 2.15 bits per heavy atom. The van der Waals surface area contributed by atoms with Crippen LogP contribution in [0.2, 0.25) is 0 Å². The second-order valence-corrected chi connectivity index (χ2v) is 8.20. The second-order valence-electron chi connectivity index (χ2n) is 8.20. The van der Waals surface area contributed by atoms with Crippen LogP contribution in [0.25, 0.3) is 5.76 Å². The number of hydrazone groups is 1. The third-order valence-electron chi connectivity index (χ3n) is 5.98. The fraction of sp³-hybridized carbons (Fsp3) is 0.423. The first-order valence-electron chi connectivity index (χ1n) is 11.6. The number of aliphatic imine (C=N–C) groups is 1. The van der Waals surface area contributed by atoms with Gasteiger partial charge in [0.15, 0.2) is 0 Å². The highest BCUT2D eigenvalue weighted by molar-refractivity contribution is 5.99. The first kappa shape index (κ1) is 25.3. The van der Waals surface area contributed by atoms with Crippen LogP contribution in [0.1, 0.15) is 37.3 Å². The molecule has 2 aliphatic rings. The van der Waals surface area contributed by atoms with Crippen molar-refractivity contribution in [2.24, 2.45) is 16.0 Å². The molecular formula is C26H32F2N4O2. The van der Waals surface area contributed by atoms with E-state index in [0.717, 1.165) is 24.0 Å². The number of halogens is 2. The number of hydrogen-bond donors (Lipinski definition) is 1. The summed E-state index contributed by atoms with van der Waals surface area (Å²) in [5.74, 6) is 0.400. The molecule has 6 nitrogen and oxygen atoms in total. The molecule has 1 atom stereocenters. The third kappa shape index (κ3) is 6.18. The van der Waals surface area contributed by atoms with Gasteiger partial charge in [0.2, 0.25) is 0 Å². The Morgan fingerprint density at radius 1 is 1.35 bits per heavy atom. The molecular weight excluding hydrogens is 438 g/mol. The van der Waals surface area contributed by atoms with E-state index >= 15 is 0 Å². The molecule has 1 aliphatic carbocycles. The lowest BCUT2D eigenvalue weighted by atomic mass is 9.93. The number of benzene rings is 1. The zero-order chi connectivity index (χ0) is 24.5. The number of carbonyl (C=O) groups excluding carboxylic acids is 1. The smallest absolute Gasteiger partial charge is 0.279 e. The molecule has 1 heterocycles. The maximum atomic E-state index is 13.5. The lowest BCUT2D eigenvalue weighted by Gasteiger charge is -2.34. The van der Waals surface area contributed by atoms with Crippen molar-refractivity contribution in [1.29, 1.82) is 0 Å². The highest BCUT2D eigenvalue weighted by Gasteiger charge is 2.29. The monoisotopic (exact) mass is 470 g/mol. The number of carbonyl (C=O) groups is 1. The van der Waals surface area contributed by atoms with Crippen LogP contribution in [-0.2, 0) is 16.0 Å². The van der Waals surface area contributed by atoms with E-state index in [0.29, 0.717) is 43.0 Å². The molecule has 0 bridgehead atoms. The van der Waals surface area contributed by atoms with E-state index in [1.165, 1.54) is 13.1 Å². The number of nitrogens with zero attached hydrogens (tertiary/aromatic N) is 3. The first-order valence-corrected chi connectivity index (χ1v) is 11.6. The van der Waals surface area contributed by atoms with Crippen LogP contribution in [0.5, 0.6) is 0 Å². The summed E-state index contributed by atoms with van der Waals surface area (Å²) >= 11 is 0. The number of fused-ring (bicyclic) bond motifs is 1. The minimum Gasteiger partial charge on any atom is -0.496 e. The molecule has 3 rings (SSSR count). The molecule has 182 valence electrons. The number of ether oxygens (including phenoxy) is 1. The number of nitrogens with one attached hydrogen (secondary N) is 1. The summed E-state index contributed by atoms with van der Waals surface area (Å²) in [6.07, 6.45) is 6.92. The quantitative estimate of drug-likeness (QED) is 0.446. The van der Waals surface area contributed by atoms with E-state index in [1.807, 2.05) is 37.3 Å². The number of allylic oxidation sites excluding steroid dienone is 2. The predicted molar refractivity (Wildman–Crippen MR) is 132 cm³/mol. The van der Waals surface area contributed by atoms with Gasteiger partial charge in [0.25, 0.3) is 12.3 Å². The van der Waals surface area contributed by atoms with E-state index in [2.05, 4.69) is 15.5 Å². The molecule has 1 amide bonds. The number of hydrogen-bond acceptors (Lipinski definition) is 5. The average Bonchev–Trinajstić information content (AvgIpc) is 3.05. The standard InChI is InChI=1S/C26H32F2N4O2/c1-4-13-30-31-22(16-23(29-2)25(27)28)20-9-7-14-32(17-20)26(33)19-12-11-18-8-5-6-10-21(18)24(15-19)34-3/h5-6,8,10,12-13,15-16,20,25,31H,4,7,9,11,14,17H2,1-3H3/b22-16-,29-23?,30-13-/t20-/m0/s1. The molecule has 1 N–H and O–H groups in total. The molecule has 0 unspecified atom stereocenters. The van der Waals surface area contributed by atoms with Gasteiger partial charge in [-0.25, -0.2) is 8.78 Å². The number of methoxy groups -OCH3 is 1. The van der Waals surface area contributed by atoms with Crippen molar-refractivity contribution in [3.05, 3.63) is 64.9 Å². The van der Waals surface area contributed by atoms with Gasteiger partial charge in [-0.15, -0.1) is 0 Å². The zero-order valence-electron chi connectivity index (χ0n) is 19.9. The van der Waals surface area contributed by atoms with Crippen LogP contribution < -0.4 is 5.43 Å². The summed E-state index contributed by atoms with van der Waals surface area (Å²) in [6, 6.07) is 7.93. The zero-order valence-corrected chi connectivity index (χ0v) is 19.9. The van der Waals surface area contributed by atoms with Crippen LogP contribution in [0.4, 0.5) is 8.78 Å². The molecule has 0 radical (unpaired) electrons. The third-order valence-corrected chi connectivity index (χ3v) is 5.98. The lowest BCUT2D eigenvalue weighted by molar-refractivity contribution is -0.128. The summed E-state index contributed by atoms with van der Waals surface area (Å²) in [6.45, 7) is 2.94. The van der Waals surface area contributed by atoms with E-state index in [4.69, 9.17) is 4.74 Å². The van der Waals surface area contributed by atoms with Crippen LogP contribution in [0, 0.1) is 5.92 Å². The Kier molecular flexibility index (Phi) is 9.13. The highest BCUT2D eigenvalue weighted by Crippen LogP contribution is 2.29. The SMILES string of the molecule is CC/C=N\N/C(=C\C(=NC)C(F)F)[C@H]1CCCN(C(=O)C2=CCc3ccccc3C(OC)=C2)C1. The summed E-state index contributed by atoms with van der Waals surface area (Å²) < 4.78 is 32.3. The first-order chi connectivity index (χ1) is 16.5. The lowest BCUT2D eigenvalue weighted by Crippen LogP contribution is -2.42. The fourth-order valence-electron chi connectivity index (χ4n) is 4.19. The molecule has 1 fully saturated rings. The maximum Gasteiger partial charge on any atom is 0.279 e. The van der Waals surface area contributed by atoms with Crippen molar-refractivity contribution >= 4 is 23.6 Å². The van der Waals surface area contributed by atoms with Gasteiger partial charge in [-0.2, -0.15) is 5.10 Å². The predicted octanol–water partition coefficient (Wildman–Crippen LogP) is 4.60. The molecule has 1 saturated heterocycles.